The van der Waals surface area contributed by atoms with Gasteiger partial charge in [0.15, 0.2) is 8.38 Å². The van der Waals surface area contributed by atoms with Crippen molar-refractivity contribution in [3.05, 3.63) is 36.4 Å². The fourth-order valence-corrected chi connectivity index (χ4v) is 1.17. The van der Waals surface area contributed by atoms with E-state index in [0.29, 0.717) is 16.6 Å². The molecule has 0 aliphatic rings. The number of hydrogen-bond acceptors (Lipinski definition) is 3. The molecule has 0 fully saturated rings. The van der Waals surface area contributed by atoms with E-state index >= 15 is 0 Å². The summed E-state index contributed by atoms with van der Waals surface area (Å²) in [6.07, 6.45) is 0. The number of rotatable bonds is 2. The van der Waals surface area contributed by atoms with Gasteiger partial charge in [-0.15, -0.1) is 0 Å². The van der Waals surface area contributed by atoms with Crippen molar-refractivity contribution in [3.8, 4) is 0 Å². The maximum atomic E-state index is 8.83. The standard InChI is InChI=1S/C8H10NO2P/c1-6(12(10)11)7-2-4-8(9)5-3-7/h2-5,10-11H,1,9H2. The third-order valence-corrected chi connectivity index (χ3v) is 2.23. The summed E-state index contributed by atoms with van der Waals surface area (Å²) in [5, 5.41) is 0.338. The number of nitrogens with two attached hydrogens (primary N) is 1. The van der Waals surface area contributed by atoms with Gasteiger partial charge in [-0.05, 0) is 17.7 Å². The lowest BCUT2D eigenvalue weighted by atomic mass is 10.2. The van der Waals surface area contributed by atoms with E-state index < -0.39 is 8.38 Å². The molecule has 0 aliphatic carbocycles. The van der Waals surface area contributed by atoms with Crippen LogP contribution in [0, 0.1) is 0 Å². The zero-order valence-corrected chi connectivity index (χ0v) is 7.33. The fourth-order valence-electron chi connectivity index (χ4n) is 0.791. The molecule has 0 bridgehead atoms. The molecule has 0 saturated carbocycles. The molecule has 4 N–H and O–H groups in total. The molecule has 1 aromatic rings. The quantitative estimate of drug-likeness (QED) is 0.481. The summed E-state index contributed by atoms with van der Waals surface area (Å²) in [7, 11) is -2.08. The number of nitrogen functional groups attached to an aromatic ring is 1. The van der Waals surface area contributed by atoms with Gasteiger partial charge < -0.3 is 15.5 Å². The van der Waals surface area contributed by atoms with Crippen molar-refractivity contribution in [1.82, 2.24) is 0 Å². The zero-order valence-electron chi connectivity index (χ0n) is 6.44. The van der Waals surface area contributed by atoms with Gasteiger partial charge in [-0.25, -0.2) is 0 Å². The second-order valence-electron chi connectivity index (χ2n) is 2.36. The normalized spacial score (nSPS) is 10.2. The Morgan fingerprint density at radius 2 is 1.75 bits per heavy atom. The number of hydrogen-bond donors (Lipinski definition) is 3. The molecular weight excluding hydrogens is 173 g/mol. The Bertz CT molecular complexity index is 282. The van der Waals surface area contributed by atoms with Crippen LogP contribution in [0.3, 0.4) is 0 Å². The second kappa shape index (κ2) is 3.68. The lowest BCUT2D eigenvalue weighted by molar-refractivity contribution is 0.498. The van der Waals surface area contributed by atoms with Crippen molar-refractivity contribution in [2.75, 3.05) is 5.73 Å². The van der Waals surface area contributed by atoms with Gasteiger partial charge >= 0.3 is 0 Å². The summed E-state index contributed by atoms with van der Waals surface area (Å²) >= 11 is 0. The van der Waals surface area contributed by atoms with Crippen LogP contribution < -0.4 is 5.73 Å². The van der Waals surface area contributed by atoms with Crippen LogP contribution in [0.25, 0.3) is 5.31 Å². The van der Waals surface area contributed by atoms with Crippen molar-refractivity contribution in [1.29, 1.82) is 0 Å². The second-order valence-corrected chi connectivity index (χ2v) is 3.48. The molecular formula is C8H10NO2P. The monoisotopic (exact) mass is 183 g/mol. The first-order chi connectivity index (χ1) is 5.61. The summed E-state index contributed by atoms with van der Waals surface area (Å²) in [5.74, 6) is 0. The average Bonchev–Trinajstić information content (AvgIpc) is 2.04. The summed E-state index contributed by atoms with van der Waals surface area (Å²) in [6.45, 7) is 3.54. The lowest BCUT2D eigenvalue weighted by Crippen LogP contribution is -1.85. The third-order valence-electron chi connectivity index (χ3n) is 1.49. The molecule has 4 heteroatoms. The van der Waals surface area contributed by atoms with Crippen LogP contribution in [0.5, 0.6) is 0 Å². The third kappa shape index (κ3) is 2.05. The highest BCUT2D eigenvalue weighted by atomic mass is 31.2. The highest BCUT2D eigenvalue weighted by Gasteiger charge is 2.06. The summed E-state index contributed by atoms with van der Waals surface area (Å²) in [4.78, 5) is 17.7. The van der Waals surface area contributed by atoms with E-state index in [2.05, 4.69) is 6.58 Å². The molecule has 0 heterocycles. The van der Waals surface area contributed by atoms with Gasteiger partial charge in [-0.3, -0.25) is 0 Å². The molecule has 0 aliphatic heterocycles. The van der Waals surface area contributed by atoms with Crippen LogP contribution >= 0.6 is 8.38 Å². The van der Waals surface area contributed by atoms with Gasteiger partial charge in [0.05, 0.1) is 0 Å². The van der Waals surface area contributed by atoms with Crippen molar-refractivity contribution < 1.29 is 9.79 Å². The molecule has 1 rings (SSSR count). The molecule has 0 radical (unpaired) electrons. The Hall–Kier alpha value is -0.890. The molecule has 0 aromatic heterocycles. The molecule has 0 saturated heterocycles. The van der Waals surface area contributed by atoms with E-state index in [4.69, 9.17) is 15.5 Å². The van der Waals surface area contributed by atoms with Crippen molar-refractivity contribution >= 4 is 19.4 Å². The molecule has 64 valence electrons. The van der Waals surface area contributed by atoms with E-state index in [1.165, 1.54) is 0 Å². The lowest BCUT2D eigenvalue weighted by Gasteiger charge is -2.06. The predicted molar refractivity (Wildman–Crippen MR) is 51.2 cm³/mol. The Morgan fingerprint density at radius 3 is 2.17 bits per heavy atom. The number of benzene rings is 1. The van der Waals surface area contributed by atoms with Crippen molar-refractivity contribution in [2.24, 2.45) is 0 Å². The van der Waals surface area contributed by atoms with E-state index in [9.17, 15) is 0 Å². The first-order valence-corrected chi connectivity index (χ1v) is 4.58. The highest BCUT2D eigenvalue weighted by Crippen LogP contribution is 2.41. The van der Waals surface area contributed by atoms with Crippen LogP contribution in [0.1, 0.15) is 5.56 Å². The molecule has 0 spiro atoms. The van der Waals surface area contributed by atoms with Crippen molar-refractivity contribution in [2.45, 2.75) is 0 Å². The Kier molecular flexibility index (Phi) is 2.82. The van der Waals surface area contributed by atoms with E-state index in [0.717, 1.165) is 0 Å². The Labute approximate surface area is 72.1 Å². The highest BCUT2D eigenvalue weighted by molar-refractivity contribution is 7.57. The van der Waals surface area contributed by atoms with Crippen molar-refractivity contribution in [3.63, 3.8) is 0 Å². The van der Waals surface area contributed by atoms with Gasteiger partial charge in [0.25, 0.3) is 0 Å². The smallest absolute Gasteiger partial charge is 0.199 e. The molecule has 1 aromatic carbocycles. The minimum absolute atomic E-state index is 0.338. The van der Waals surface area contributed by atoms with Gasteiger partial charge in [0, 0.05) is 11.0 Å². The van der Waals surface area contributed by atoms with Gasteiger partial charge in [-0.1, -0.05) is 18.7 Å². The topological polar surface area (TPSA) is 66.5 Å². The van der Waals surface area contributed by atoms with Gasteiger partial charge in [-0.2, -0.15) is 0 Å². The maximum Gasteiger partial charge on any atom is 0.199 e. The summed E-state index contributed by atoms with van der Waals surface area (Å²) < 4.78 is 0. The molecule has 0 atom stereocenters. The average molecular weight is 183 g/mol. The van der Waals surface area contributed by atoms with Crippen LogP contribution in [-0.4, -0.2) is 9.79 Å². The van der Waals surface area contributed by atoms with Crippen LogP contribution in [0.15, 0.2) is 30.8 Å². The minimum atomic E-state index is -2.08. The molecule has 0 amide bonds. The first kappa shape index (κ1) is 9.20. The maximum absolute atomic E-state index is 8.83. The van der Waals surface area contributed by atoms with Gasteiger partial charge in [0.1, 0.15) is 0 Å². The predicted octanol–water partition coefficient (Wildman–Crippen LogP) is 1.54. The summed E-state index contributed by atoms with van der Waals surface area (Å²) in [5.41, 5.74) is 6.81. The first-order valence-electron chi connectivity index (χ1n) is 3.34. The van der Waals surface area contributed by atoms with E-state index in [1.54, 1.807) is 24.3 Å². The zero-order chi connectivity index (χ0) is 9.14. The number of anilines is 1. The van der Waals surface area contributed by atoms with Crippen LogP contribution in [-0.2, 0) is 0 Å². The Balaban J connectivity index is 2.90. The molecule has 0 unspecified atom stereocenters. The fraction of sp³-hybridized carbons (Fsp3) is 0. The molecule has 12 heavy (non-hydrogen) atoms. The van der Waals surface area contributed by atoms with Crippen LogP contribution in [0.4, 0.5) is 5.69 Å². The van der Waals surface area contributed by atoms with E-state index in [-0.39, 0.29) is 0 Å². The SMILES string of the molecule is C=C(c1ccc(N)cc1)P(O)O. The van der Waals surface area contributed by atoms with Crippen LogP contribution in [0.2, 0.25) is 0 Å². The van der Waals surface area contributed by atoms with E-state index in [1.807, 2.05) is 0 Å². The molecule has 3 nitrogen and oxygen atoms in total. The minimum Gasteiger partial charge on any atom is -0.399 e. The summed E-state index contributed by atoms with van der Waals surface area (Å²) in [6, 6.07) is 6.80. The Morgan fingerprint density at radius 1 is 1.25 bits per heavy atom. The largest absolute Gasteiger partial charge is 0.399 e. The van der Waals surface area contributed by atoms with Gasteiger partial charge in [0.2, 0.25) is 0 Å².